The lowest BCUT2D eigenvalue weighted by molar-refractivity contribution is 0.854. The summed E-state index contributed by atoms with van der Waals surface area (Å²) in [7, 11) is 0. The lowest BCUT2D eigenvalue weighted by Gasteiger charge is -2.08. The van der Waals surface area contributed by atoms with Gasteiger partial charge in [0, 0.05) is 13.1 Å². The summed E-state index contributed by atoms with van der Waals surface area (Å²) in [6.07, 6.45) is 0. The minimum Gasteiger partial charge on any atom is -0.363 e. The van der Waals surface area contributed by atoms with E-state index in [2.05, 4.69) is 16.7 Å². The van der Waals surface area contributed by atoms with Crippen molar-refractivity contribution >= 4 is 17.3 Å². The summed E-state index contributed by atoms with van der Waals surface area (Å²) in [5.74, 6) is 0. The van der Waals surface area contributed by atoms with Gasteiger partial charge in [-0.1, -0.05) is 12.1 Å². The molecule has 2 N–H and O–H groups in total. The van der Waals surface area contributed by atoms with Gasteiger partial charge in [0.2, 0.25) is 0 Å². The maximum atomic E-state index is 8.72. The number of hydrogen-bond acceptors (Lipinski definition) is 2. The molecule has 0 heterocycles. The molecule has 0 aliphatic rings. The van der Waals surface area contributed by atoms with Gasteiger partial charge in [0.05, 0.1) is 11.6 Å². The summed E-state index contributed by atoms with van der Waals surface area (Å²) in [5.41, 5.74) is 1.72. The van der Waals surface area contributed by atoms with E-state index in [-0.39, 0.29) is 0 Å². The van der Waals surface area contributed by atoms with E-state index in [9.17, 15) is 0 Å². The van der Waals surface area contributed by atoms with E-state index < -0.39 is 0 Å². The number of rotatable bonds is 3. The number of nitriles is 1. The van der Waals surface area contributed by atoms with Crippen LogP contribution < -0.4 is 10.6 Å². The van der Waals surface area contributed by atoms with Crippen LogP contribution in [0.25, 0.3) is 0 Å². The smallest absolute Gasteiger partial charge is 0.166 e. The van der Waals surface area contributed by atoms with Crippen LogP contribution in [-0.2, 0) is 6.54 Å². The monoisotopic (exact) mass is 219 g/mol. The fourth-order valence-corrected chi connectivity index (χ4v) is 1.37. The third-order valence-electron chi connectivity index (χ3n) is 1.85. The molecule has 0 bridgehead atoms. The number of hydrogen-bond donors (Lipinski definition) is 2. The summed E-state index contributed by atoms with van der Waals surface area (Å²) in [6.45, 7) is 3.44. The molecule has 0 fully saturated rings. The minimum absolute atomic E-state index is 0.639. The lowest BCUT2D eigenvalue weighted by atomic mass is 10.1. The van der Waals surface area contributed by atoms with E-state index in [1.807, 2.05) is 25.1 Å². The molecule has 15 heavy (non-hydrogen) atoms. The molecular formula is C11H13N3S. The van der Waals surface area contributed by atoms with Crippen LogP contribution in [0.15, 0.2) is 24.3 Å². The van der Waals surface area contributed by atoms with Crippen molar-refractivity contribution < 1.29 is 0 Å². The molecule has 3 nitrogen and oxygen atoms in total. The number of nitrogens with one attached hydrogen (secondary N) is 2. The van der Waals surface area contributed by atoms with Gasteiger partial charge in [0.15, 0.2) is 5.11 Å². The molecular weight excluding hydrogens is 206 g/mol. The first kappa shape index (κ1) is 11.5. The van der Waals surface area contributed by atoms with Crippen LogP contribution >= 0.6 is 12.2 Å². The average molecular weight is 219 g/mol. The van der Waals surface area contributed by atoms with E-state index in [4.69, 9.17) is 17.5 Å². The normalized spacial score (nSPS) is 9.07. The van der Waals surface area contributed by atoms with Crippen molar-refractivity contribution in [1.82, 2.24) is 10.6 Å². The zero-order chi connectivity index (χ0) is 11.1. The van der Waals surface area contributed by atoms with Crippen molar-refractivity contribution in [3.05, 3.63) is 35.4 Å². The Kier molecular flexibility index (Phi) is 4.58. The first-order chi connectivity index (χ1) is 7.26. The second kappa shape index (κ2) is 5.99. The molecule has 0 amide bonds. The molecule has 0 saturated carbocycles. The van der Waals surface area contributed by atoms with Crippen LogP contribution in [0.4, 0.5) is 0 Å². The largest absolute Gasteiger partial charge is 0.363 e. The Labute approximate surface area is 95.1 Å². The van der Waals surface area contributed by atoms with Crippen LogP contribution in [0, 0.1) is 11.3 Å². The molecule has 0 radical (unpaired) electrons. The highest BCUT2D eigenvalue weighted by atomic mass is 32.1. The SMILES string of the molecule is CCNC(=S)NCc1cccc(C#N)c1. The lowest BCUT2D eigenvalue weighted by Crippen LogP contribution is -2.34. The Balaban J connectivity index is 2.51. The Morgan fingerprint density at radius 2 is 2.27 bits per heavy atom. The second-order valence-corrected chi connectivity index (χ2v) is 3.43. The third kappa shape index (κ3) is 3.96. The standard InChI is InChI=1S/C11H13N3S/c1-2-13-11(15)14-8-10-5-3-4-9(6-10)7-12/h3-6H,2,8H2,1H3,(H2,13,14,15). The highest BCUT2D eigenvalue weighted by Gasteiger charge is 1.96. The molecule has 0 unspecified atom stereocenters. The van der Waals surface area contributed by atoms with Gasteiger partial charge in [-0.2, -0.15) is 5.26 Å². The number of nitrogens with zero attached hydrogens (tertiary/aromatic N) is 1. The van der Waals surface area contributed by atoms with Crippen LogP contribution in [0.1, 0.15) is 18.1 Å². The van der Waals surface area contributed by atoms with E-state index >= 15 is 0 Å². The molecule has 0 aliphatic heterocycles. The van der Waals surface area contributed by atoms with Gasteiger partial charge in [0.25, 0.3) is 0 Å². The van der Waals surface area contributed by atoms with E-state index in [0.29, 0.717) is 17.2 Å². The van der Waals surface area contributed by atoms with Gasteiger partial charge >= 0.3 is 0 Å². The van der Waals surface area contributed by atoms with Gasteiger partial charge in [-0.25, -0.2) is 0 Å². The summed E-state index contributed by atoms with van der Waals surface area (Å²) in [6, 6.07) is 9.56. The molecule has 78 valence electrons. The molecule has 0 spiro atoms. The van der Waals surface area contributed by atoms with Crippen molar-refractivity contribution in [2.75, 3.05) is 6.54 Å². The zero-order valence-electron chi connectivity index (χ0n) is 8.58. The molecule has 0 aromatic heterocycles. The van der Waals surface area contributed by atoms with E-state index in [0.717, 1.165) is 12.1 Å². The van der Waals surface area contributed by atoms with Gasteiger partial charge in [-0.05, 0) is 36.8 Å². The maximum Gasteiger partial charge on any atom is 0.166 e. The molecule has 1 aromatic carbocycles. The Morgan fingerprint density at radius 3 is 2.93 bits per heavy atom. The highest BCUT2D eigenvalue weighted by molar-refractivity contribution is 7.80. The second-order valence-electron chi connectivity index (χ2n) is 3.03. The molecule has 0 saturated heterocycles. The van der Waals surface area contributed by atoms with E-state index in [1.54, 1.807) is 6.07 Å². The van der Waals surface area contributed by atoms with Gasteiger partial charge < -0.3 is 10.6 Å². The highest BCUT2D eigenvalue weighted by Crippen LogP contribution is 2.03. The first-order valence-electron chi connectivity index (χ1n) is 4.77. The molecule has 0 atom stereocenters. The maximum absolute atomic E-state index is 8.72. The van der Waals surface area contributed by atoms with Crippen molar-refractivity contribution in [3.63, 3.8) is 0 Å². The van der Waals surface area contributed by atoms with Gasteiger partial charge in [-0.3, -0.25) is 0 Å². The first-order valence-corrected chi connectivity index (χ1v) is 5.18. The van der Waals surface area contributed by atoms with Crippen LogP contribution in [-0.4, -0.2) is 11.7 Å². The zero-order valence-corrected chi connectivity index (χ0v) is 9.40. The van der Waals surface area contributed by atoms with E-state index in [1.165, 1.54) is 0 Å². The quantitative estimate of drug-likeness (QED) is 0.757. The fourth-order valence-electron chi connectivity index (χ4n) is 1.16. The van der Waals surface area contributed by atoms with Crippen molar-refractivity contribution in [2.45, 2.75) is 13.5 Å². The van der Waals surface area contributed by atoms with Gasteiger partial charge in [-0.15, -0.1) is 0 Å². The Morgan fingerprint density at radius 1 is 1.47 bits per heavy atom. The summed E-state index contributed by atoms with van der Waals surface area (Å²) in [4.78, 5) is 0. The predicted molar refractivity (Wildman–Crippen MR) is 64.3 cm³/mol. The summed E-state index contributed by atoms with van der Waals surface area (Å²) >= 11 is 5.03. The molecule has 1 rings (SSSR count). The van der Waals surface area contributed by atoms with Gasteiger partial charge in [0.1, 0.15) is 0 Å². The third-order valence-corrected chi connectivity index (χ3v) is 2.14. The number of thiocarbonyl (C=S) groups is 1. The molecule has 4 heteroatoms. The predicted octanol–water partition coefficient (Wildman–Crippen LogP) is 1.54. The number of benzene rings is 1. The topological polar surface area (TPSA) is 47.8 Å². The summed E-state index contributed by atoms with van der Waals surface area (Å²) < 4.78 is 0. The van der Waals surface area contributed by atoms with Crippen LogP contribution in [0.3, 0.4) is 0 Å². The van der Waals surface area contributed by atoms with Crippen LogP contribution in [0.5, 0.6) is 0 Å². The molecule has 1 aromatic rings. The Hall–Kier alpha value is -1.60. The molecule has 0 aliphatic carbocycles. The Bertz CT molecular complexity index is 382. The van der Waals surface area contributed by atoms with Crippen LogP contribution in [0.2, 0.25) is 0 Å². The van der Waals surface area contributed by atoms with Crippen molar-refractivity contribution in [3.8, 4) is 6.07 Å². The summed E-state index contributed by atoms with van der Waals surface area (Å²) in [5, 5.41) is 15.4. The average Bonchev–Trinajstić information content (AvgIpc) is 2.27. The van der Waals surface area contributed by atoms with Crippen molar-refractivity contribution in [1.29, 1.82) is 5.26 Å². The minimum atomic E-state index is 0.639. The fraction of sp³-hybridized carbons (Fsp3) is 0.273. The van der Waals surface area contributed by atoms with Crippen molar-refractivity contribution in [2.24, 2.45) is 0 Å².